The number of anilines is 1. The van der Waals surface area contributed by atoms with Gasteiger partial charge in [0.15, 0.2) is 11.5 Å². The van der Waals surface area contributed by atoms with Gasteiger partial charge in [-0.1, -0.05) is 0 Å². The minimum absolute atomic E-state index is 0.138. The van der Waals surface area contributed by atoms with Crippen LogP contribution in [0.5, 0.6) is 11.5 Å². The molecule has 1 fully saturated rings. The Hall–Kier alpha value is -3.22. The van der Waals surface area contributed by atoms with Gasteiger partial charge in [-0.15, -0.1) is 0 Å². The van der Waals surface area contributed by atoms with Gasteiger partial charge in [0, 0.05) is 30.8 Å². The highest BCUT2D eigenvalue weighted by Gasteiger charge is 2.30. The smallest absolute Gasteiger partial charge is 0.270 e. The number of benzene rings is 2. The van der Waals surface area contributed by atoms with Crippen molar-refractivity contribution in [3.63, 3.8) is 0 Å². The van der Waals surface area contributed by atoms with Crippen molar-refractivity contribution in [3.8, 4) is 11.5 Å². The van der Waals surface area contributed by atoms with Crippen LogP contribution in [0.4, 0.5) is 11.4 Å². The average Bonchev–Trinajstić information content (AvgIpc) is 2.82. The Bertz CT molecular complexity index is 1160. The molecule has 32 heavy (non-hydrogen) atoms. The molecule has 4 rings (SSSR count). The Balaban J connectivity index is 1.65. The zero-order valence-corrected chi connectivity index (χ0v) is 18.1. The molecule has 170 valence electrons. The van der Waals surface area contributed by atoms with Crippen molar-refractivity contribution in [2.24, 2.45) is 5.10 Å². The zero-order valence-electron chi connectivity index (χ0n) is 17.3. The van der Waals surface area contributed by atoms with Gasteiger partial charge in [0.2, 0.25) is 10.0 Å². The number of nitrogens with one attached hydrogen (secondary N) is 1. The number of hydrogen-bond acceptors (Lipinski definition) is 9. The first-order chi connectivity index (χ1) is 15.4. The summed E-state index contributed by atoms with van der Waals surface area (Å²) in [6.45, 7) is 3.56. The lowest BCUT2D eigenvalue weighted by molar-refractivity contribution is -0.385. The molecule has 2 heterocycles. The summed E-state index contributed by atoms with van der Waals surface area (Å²) in [7, 11) is -3.99. The van der Waals surface area contributed by atoms with Gasteiger partial charge in [0.05, 0.1) is 29.5 Å². The molecule has 0 saturated carbocycles. The fraction of sp³-hybridized carbons (Fsp3) is 0.350. The van der Waals surface area contributed by atoms with Gasteiger partial charge in [-0.2, -0.15) is 9.41 Å². The van der Waals surface area contributed by atoms with Crippen molar-refractivity contribution in [3.05, 3.63) is 52.1 Å². The topological polar surface area (TPSA) is 133 Å². The normalized spacial score (nSPS) is 17.1. The van der Waals surface area contributed by atoms with Crippen LogP contribution in [0.25, 0.3) is 0 Å². The molecule has 1 saturated heterocycles. The van der Waals surface area contributed by atoms with Crippen LogP contribution in [0.15, 0.2) is 46.4 Å². The van der Waals surface area contributed by atoms with Crippen LogP contribution in [-0.2, 0) is 14.8 Å². The van der Waals surface area contributed by atoms with Crippen LogP contribution in [0.1, 0.15) is 12.5 Å². The van der Waals surface area contributed by atoms with Crippen molar-refractivity contribution in [2.75, 3.05) is 44.9 Å². The van der Waals surface area contributed by atoms with Gasteiger partial charge in [-0.05, 0) is 31.2 Å². The SMILES string of the molecule is C/C(=N\Nc1ccc([N+](=O)[O-])cc1S(=O)(=O)N1CCOCC1)c1ccc2c(c1)OCCO2. The third-order valence-corrected chi connectivity index (χ3v) is 7.01. The Morgan fingerprint density at radius 2 is 1.78 bits per heavy atom. The minimum Gasteiger partial charge on any atom is -0.486 e. The number of sulfonamides is 1. The van der Waals surface area contributed by atoms with Gasteiger partial charge >= 0.3 is 0 Å². The molecule has 0 atom stereocenters. The molecule has 0 radical (unpaired) electrons. The maximum atomic E-state index is 13.2. The van der Waals surface area contributed by atoms with E-state index in [0.717, 1.165) is 11.6 Å². The van der Waals surface area contributed by atoms with Crippen LogP contribution < -0.4 is 14.9 Å². The molecular weight excluding hydrogens is 440 g/mol. The summed E-state index contributed by atoms with van der Waals surface area (Å²) < 4.78 is 43.9. The highest BCUT2D eigenvalue weighted by Crippen LogP contribution is 2.32. The quantitative estimate of drug-likeness (QED) is 0.393. The van der Waals surface area contributed by atoms with E-state index in [9.17, 15) is 18.5 Å². The number of non-ortho nitro benzene ring substituents is 1. The van der Waals surface area contributed by atoms with Gasteiger partial charge in [-0.3, -0.25) is 15.5 Å². The Morgan fingerprint density at radius 1 is 1.06 bits per heavy atom. The Kier molecular flexibility index (Phi) is 6.26. The van der Waals surface area contributed by atoms with Gasteiger partial charge < -0.3 is 14.2 Å². The van der Waals surface area contributed by atoms with E-state index in [1.807, 2.05) is 6.07 Å². The molecule has 0 spiro atoms. The molecule has 1 N–H and O–H groups in total. The van der Waals surface area contributed by atoms with Crippen molar-refractivity contribution in [1.82, 2.24) is 4.31 Å². The standard InChI is InChI=1S/C20H22N4O7S/c1-14(15-2-5-18-19(12-15)31-11-10-30-18)21-22-17-4-3-16(24(25)26)13-20(17)32(27,28)23-6-8-29-9-7-23/h2-5,12-13,22H,6-11H2,1H3/b21-14+. The molecule has 2 aliphatic rings. The van der Waals surface area contributed by atoms with Crippen LogP contribution in [-0.4, -0.2) is 62.9 Å². The highest BCUT2D eigenvalue weighted by atomic mass is 32.2. The second-order valence-corrected chi connectivity index (χ2v) is 9.03. The van der Waals surface area contributed by atoms with Crippen LogP contribution in [0.2, 0.25) is 0 Å². The molecule has 12 heteroatoms. The second kappa shape index (κ2) is 9.10. The van der Waals surface area contributed by atoms with E-state index in [0.29, 0.717) is 30.4 Å². The number of ether oxygens (including phenoxy) is 3. The van der Waals surface area contributed by atoms with Gasteiger partial charge in [0.1, 0.15) is 18.1 Å². The molecule has 2 aromatic rings. The van der Waals surface area contributed by atoms with Crippen molar-refractivity contribution >= 4 is 27.1 Å². The number of hydrogen-bond donors (Lipinski definition) is 1. The summed E-state index contributed by atoms with van der Waals surface area (Å²) in [5, 5.41) is 15.5. The summed E-state index contributed by atoms with van der Waals surface area (Å²) in [6.07, 6.45) is 0. The van der Waals surface area contributed by atoms with E-state index in [1.54, 1.807) is 19.1 Å². The molecule has 0 unspecified atom stereocenters. The third-order valence-electron chi connectivity index (χ3n) is 5.07. The van der Waals surface area contributed by atoms with Crippen molar-refractivity contribution in [1.29, 1.82) is 0 Å². The van der Waals surface area contributed by atoms with E-state index in [1.165, 1.54) is 16.4 Å². The number of hydrazone groups is 1. The monoisotopic (exact) mass is 462 g/mol. The number of nitrogens with zero attached hydrogens (tertiary/aromatic N) is 3. The summed E-state index contributed by atoms with van der Waals surface area (Å²) in [6, 6.07) is 9.00. The lowest BCUT2D eigenvalue weighted by Crippen LogP contribution is -2.40. The number of rotatable bonds is 6. The van der Waals surface area contributed by atoms with E-state index in [4.69, 9.17) is 14.2 Å². The first-order valence-electron chi connectivity index (χ1n) is 9.93. The summed E-state index contributed by atoms with van der Waals surface area (Å²) in [4.78, 5) is 10.4. The maximum absolute atomic E-state index is 13.2. The van der Waals surface area contributed by atoms with E-state index < -0.39 is 14.9 Å². The minimum atomic E-state index is -3.99. The molecule has 0 aromatic heterocycles. The number of nitro benzene ring substituents is 1. The third kappa shape index (κ3) is 4.52. The molecular formula is C20H22N4O7S. The Morgan fingerprint density at radius 3 is 2.50 bits per heavy atom. The fourth-order valence-electron chi connectivity index (χ4n) is 3.33. The second-order valence-electron chi connectivity index (χ2n) is 7.12. The summed E-state index contributed by atoms with van der Waals surface area (Å²) in [5.74, 6) is 1.25. The van der Waals surface area contributed by atoms with Gasteiger partial charge in [-0.25, -0.2) is 8.42 Å². The fourth-order valence-corrected chi connectivity index (χ4v) is 4.90. The first-order valence-corrected chi connectivity index (χ1v) is 11.4. The maximum Gasteiger partial charge on any atom is 0.270 e. The molecule has 0 bridgehead atoms. The van der Waals surface area contributed by atoms with E-state index in [-0.39, 0.29) is 42.6 Å². The summed E-state index contributed by atoms with van der Waals surface area (Å²) >= 11 is 0. The van der Waals surface area contributed by atoms with E-state index >= 15 is 0 Å². The number of morpholine rings is 1. The van der Waals surface area contributed by atoms with Crippen LogP contribution in [0, 0.1) is 10.1 Å². The predicted octanol–water partition coefficient (Wildman–Crippen LogP) is 2.22. The first kappa shape index (κ1) is 22.0. The van der Waals surface area contributed by atoms with Crippen LogP contribution in [0.3, 0.4) is 0 Å². The van der Waals surface area contributed by atoms with E-state index in [2.05, 4.69) is 10.5 Å². The predicted molar refractivity (Wildman–Crippen MR) is 116 cm³/mol. The summed E-state index contributed by atoms with van der Waals surface area (Å²) in [5.41, 5.74) is 3.89. The molecule has 2 aromatic carbocycles. The van der Waals surface area contributed by atoms with Crippen molar-refractivity contribution in [2.45, 2.75) is 11.8 Å². The molecule has 2 aliphatic heterocycles. The molecule has 0 amide bonds. The average molecular weight is 462 g/mol. The van der Waals surface area contributed by atoms with Crippen molar-refractivity contribution < 1.29 is 27.6 Å². The zero-order chi connectivity index (χ0) is 22.7. The lowest BCUT2D eigenvalue weighted by Gasteiger charge is -2.26. The highest BCUT2D eigenvalue weighted by molar-refractivity contribution is 7.89. The lowest BCUT2D eigenvalue weighted by atomic mass is 10.1. The van der Waals surface area contributed by atoms with Crippen LogP contribution >= 0.6 is 0 Å². The number of fused-ring (bicyclic) bond motifs is 1. The number of nitro groups is 1. The van der Waals surface area contributed by atoms with Gasteiger partial charge in [0.25, 0.3) is 5.69 Å². The molecule has 11 nitrogen and oxygen atoms in total. The largest absolute Gasteiger partial charge is 0.486 e. The molecule has 0 aliphatic carbocycles. The Labute approximate surface area is 184 Å².